The molecule has 2 heteroatoms. The Hall–Kier alpha value is -0.790. The molecule has 0 aromatic heterocycles. The molecule has 0 fully saturated rings. The second-order valence-corrected chi connectivity index (χ2v) is 1.31. The van der Waals surface area contributed by atoms with E-state index in [0.29, 0.717) is 5.70 Å². The molecule has 0 aliphatic rings. The predicted octanol–water partition coefficient (Wildman–Crippen LogP) is 1.55. The number of hydrogen-bond donors (Lipinski definition) is 1. The average Bonchev–Trinajstić information content (AvgIpc) is 1.27. The van der Waals surface area contributed by atoms with Crippen LogP contribution in [0.3, 0.4) is 0 Å². The van der Waals surface area contributed by atoms with Crippen molar-refractivity contribution in [2.45, 2.75) is 6.92 Å². The van der Waals surface area contributed by atoms with Gasteiger partial charge in [0.05, 0.1) is 0 Å². The van der Waals surface area contributed by atoms with Crippen molar-refractivity contribution >= 4 is 0 Å². The Morgan fingerprint density at radius 2 is 2.00 bits per heavy atom. The van der Waals surface area contributed by atoms with Gasteiger partial charge in [0.15, 0.2) is 5.95 Å². The Bertz CT molecular complexity index is 84.3. The van der Waals surface area contributed by atoms with Crippen LogP contribution in [-0.4, -0.2) is 0 Å². The summed E-state index contributed by atoms with van der Waals surface area (Å²) in [6.45, 7) is 8.00. The number of halogens is 1. The highest BCUT2D eigenvalue weighted by Gasteiger charge is 1.82. The summed E-state index contributed by atoms with van der Waals surface area (Å²) in [4.78, 5) is 0. The quantitative estimate of drug-likeness (QED) is 0.520. The molecular formula is C5H8FN. The summed E-state index contributed by atoms with van der Waals surface area (Å²) in [5, 5.41) is 2.25. The highest BCUT2D eigenvalue weighted by molar-refractivity contribution is 4.94. The van der Waals surface area contributed by atoms with Gasteiger partial charge in [0.2, 0.25) is 0 Å². The maximum Gasteiger partial charge on any atom is 0.183 e. The van der Waals surface area contributed by atoms with Crippen molar-refractivity contribution in [3.05, 3.63) is 24.8 Å². The molecule has 7 heavy (non-hydrogen) atoms. The Morgan fingerprint density at radius 3 is 2.00 bits per heavy atom. The third kappa shape index (κ3) is 5.21. The van der Waals surface area contributed by atoms with Crippen LogP contribution >= 0.6 is 0 Å². The smallest absolute Gasteiger partial charge is 0.183 e. The standard InChI is InChI=1S/C5H8FN/c1-4(2)7-5(3)6/h7H,1,3H2,2H3. The summed E-state index contributed by atoms with van der Waals surface area (Å²) in [6, 6.07) is 0. The minimum Gasteiger partial charge on any atom is -0.337 e. The average molecular weight is 101 g/mol. The molecule has 40 valence electrons. The SMILES string of the molecule is C=C(C)NC(=C)F. The fraction of sp³-hybridized carbons (Fsp3) is 0.200. The Balaban J connectivity index is 3.32. The van der Waals surface area contributed by atoms with E-state index in [9.17, 15) is 4.39 Å². The summed E-state index contributed by atoms with van der Waals surface area (Å²) >= 11 is 0. The van der Waals surface area contributed by atoms with E-state index in [1.807, 2.05) is 0 Å². The summed E-state index contributed by atoms with van der Waals surface area (Å²) < 4.78 is 11.6. The first-order chi connectivity index (χ1) is 3.13. The third-order valence-corrected chi connectivity index (χ3v) is 0.349. The maximum absolute atomic E-state index is 11.6. The van der Waals surface area contributed by atoms with Crippen molar-refractivity contribution in [2.75, 3.05) is 0 Å². The van der Waals surface area contributed by atoms with Crippen LogP contribution in [0.25, 0.3) is 0 Å². The largest absolute Gasteiger partial charge is 0.337 e. The molecule has 0 saturated carbocycles. The highest BCUT2D eigenvalue weighted by atomic mass is 19.1. The lowest BCUT2D eigenvalue weighted by atomic mass is 10.6. The van der Waals surface area contributed by atoms with E-state index in [1.54, 1.807) is 6.92 Å². The van der Waals surface area contributed by atoms with Gasteiger partial charge < -0.3 is 5.32 Å². The predicted molar refractivity (Wildman–Crippen MR) is 28.2 cm³/mol. The first-order valence-corrected chi connectivity index (χ1v) is 1.90. The van der Waals surface area contributed by atoms with Gasteiger partial charge in [0, 0.05) is 5.70 Å². The fourth-order valence-corrected chi connectivity index (χ4v) is 0.232. The monoisotopic (exact) mass is 101 g/mol. The van der Waals surface area contributed by atoms with Gasteiger partial charge in [-0.25, -0.2) is 0 Å². The Labute approximate surface area is 42.5 Å². The molecule has 0 atom stereocenters. The molecular weight excluding hydrogens is 93.1 g/mol. The molecule has 1 N–H and O–H groups in total. The molecule has 0 aromatic rings. The third-order valence-electron chi connectivity index (χ3n) is 0.349. The van der Waals surface area contributed by atoms with Gasteiger partial charge >= 0.3 is 0 Å². The van der Waals surface area contributed by atoms with Crippen molar-refractivity contribution in [1.82, 2.24) is 5.32 Å². The van der Waals surface area contributed by atoms with Gasteiger partial charge in [-0.05, 0) is 13.5 Å². The number of nitrogens with one attached hydrogen (secondary N) is 1. The van der Waals surface area contributed by atoms with Crippen LogP contribution in [0.1, 0.15) is 6.92 Å². The summed E-state index contributed by atoms with van der Waals surface area (Å²) in [7, 11) is 0. The number of rotatable bonds is 2. The van der Waals surface area contributed by atoms with Gasteiger partial charge in [-0.2, -0.15) is 4.39 Å². The molecule has 0 spiro atoms. The van der Waals surface area contributed by atoms with Gasteiger partial charge in [-0.3, -0.25) is 0 Å². The molecule has 1 nitrogen and oxygen atoms in total. The minimum atomic E-state index is -0.562. The van der Waals surface area contributed by atoms with Crippen LogP contribution in [0.4, 0.5) is 4.39 Å². The summed E-state index contributed by atoms with van der Waals surface area (Å²) in [6.07, 6.45) is 0. The lowest BCUT2D eigenvalue weighted by Gasteiger charge is -1.95. The van der Waals surface area contributed by atoms with E-state index < -0.39 is 5.95 Å². The zero-order chi connectivity index (χ0) is 5.86. The van der Waals surface area contributed by atoms with Gasteiger partial charge in [-0.15, -0.1) is 0 Å². The number of allylic oxidation sites excluding steroid dienone is 1. The van der Waals surface area contributed by atoms with Crippen LogP contribution in [0, 0.1) is 0 Å². The van der Waals surface area contributed by atoms with Crippen LogP contribution in [0.15, 0.2) is 24.8 Å². The topological polar surface area (TPSA) is 12.0 Å². The van der Waals surface area contributed by atoms with Crippen molar-refractivity contribution in [1.29, 1.82) is 0 Å². The van der Waals surface area contributed by atoms with Crippen LogP contribution in [-0.2, 0) is 0 Å². The van der Waals surface area contributed by atoms with E-state index in [-0.39, 0.29) is 0 Å². The molecule has 0 aromatic carbocycles. The van der Waals surface area contributed by atoms with E-state index in [4.69, 9.17) is 0 Å². The lowest BCUT2D eigenvalue weighted by molar-refractivity contribution is 0.580. The van der Waals surface area contributed by atoms with E-state index in [2.05, 4.69) is 18.5 Å². The molecule has 0 saturated heterocycles. The van der Waals surface area contributed by atoms with E-state index in [0.717, 1.165) is 0 Å². The number of hydrogen-bond acceptors (Lipinski definition) is 1. The summed E-state index contributed by atoms with van der Waals surface area (Å²) in [5.74, 6) is -0.562. The van der Waals surface area contributed by atoms with Crippen molar-refractivity contribution in [2.24, 2.45) is 0 Å². The highest BCUT2D eigenvalue weighted by Crippen LogP contribution is 1.87. The Morgan fingerprint density at radius 1 is 1.57 bits per heavy atom. The van der Waals surface area contributed by atoms with Crippen molar-refractivity contribution in [3.8, 4) is 0 Å². The van der Waals surface area contributed by atoms with E-state index >= 15 is 0 Å². The van der Waals surface area contributed by atoms with Crippen LogP contribution in [0.2, 0.25) is 0 Å². The zero-order valence-electron chi connectivity index (χ0n) is 4.29. The molecule has 0 rings (SSSR count). The van der Waals surface area contributed by atoms with Crippen molar-refractivity contribution in [3.63, 3.8) is 0 Å². The second kappa shape index (κ2) is 2.39. The molecule has 0 bridgehead atoms. The normalized spacial score (nSPS) is 7.71. The van der Waals surface area contributed by atoms with E-state index in [1.165, 1.54) is 0 Å². The summed E-state index contributed by atoms with van der Waals surface area (Å²) in [5.41, 5.74) is 0.562. The molecule has 0 aliphatic heterocycles. The van der Waals surface area contributed by atoms with Crippen LogP contribution < -0.4 is 5.32 Å². The first kappa shape index (κ1) is 6.21. The molecule has 0 unspecified atom stereocenters. The van der Waals surface area contributed by atoms with Gasteiger partial charge in [0.25, 0.3) is 0 Å². The van der Waals surface area contributed by atoms with Gasteiger partial charge in [0.1, 0.15) is 0 Å². The maximum atomic E-state index is 11.6. The molecule has 0 amide bonds. The zero-order valence-corrected chi connectivity index (χ0v) is 4.29. The molecule has 0 aliphatic carbocycles. The lowest BCUT2D eigenvalue weighted by Crippen LogP contribution is -2.03. The van der Waals surface area contributed by atoms with Gasteiger partial charge in [-0.1, -0.05) is 6.58 Å². The fourth-order valence-electron chi connectivity index (χ4n) is 0.232. The van der Waals surface area contributed by atoms with Crippen molar-refractivity contribution < 1.29 is 4.39 Å². The minimum absolute atomic E-state index is 0.562. The first-order valence-electron chi connectivity index (χ1n) is 1.90. The Kier molecular flexibility index (Phi) is 2.12. The molecule has 0 heterocycles. The second-order valence-electron chi connectivity index (χ2n) is 1.31. The van der Waals surface area contributed by atoms with Crippen LogP contribution in [0.5, 0.6) is 0 Å². The molecule has 0 radical (unpaired) electrons.